The third kappa shape index (κ3) is 2.89. The molecular weight excluding hydrogens is 352 g/mol. The molecule has 24 heavy (non-hydrogen) atoms. The van der Waals surface area contributed by atoms with E-state index < -0.39 is 25.5 Å². The second-order valence-electron chi connectivity index (χ2n) is 4.78. The second-order valence-corrected chi connectivity index (χ2v) is 7.10. The summed E-state index contributed by atoms with van der Waals surface area (Å²) in [4.78, 5) is 10.7. The Kier molecular flexibility index (Phi) is 4.09. The first-order valence-corrected chi connectivity index (χ1v) is 8.89. The van der Waals surface area contributed by atoms with E-state index in [1.165, 1.54) is 12.3 Å². The molecule has 0 aliphatic rings. The second kappa shape index (κ2) is 6.07. The molecule has 0 fully saturated rings. The lowest BCUT2D eigenvalue weighted by Crippen LogP contribution is -2.15. The maximum absolute atomic E-state index is 11.8. The summed E-state index contributed by atoms with van der Waals surface area (Å²) in [6.07, 6.45) is 1.35. The maximum Gasteiger partial charge on any atom is 0.298 e. The third-order valence-corrected chi connectivity index (χ3v) is 4.95. The molecule has 3 aromatic rings. The lowest BCUT2D eigenvalue weighted by atomic mass is 9.97. The number of nitro benzene ring substituents is 1. The Morgan fingerprint density at radius 2 is 1.83 bits per heavy atom. The quantitative estimate of drug-likeness (QED) is 0.560. The van der Waals surface area contributed by atoms with Gasteiger partial charge in [-0.05, 0) is 28.7 Å². The number of sulfonamides is 1. The van der Waals surface area contributed by atoms with Gasteiger partial charge in [-0.15, -0.1) is 5.10 Å². The van der Waals surface area contributed by atoms with Crippen LogP contribution in [0.1, 0.15) is 0 Å². The minimum atomic E-state index is -4.27. The fourth-order valence-corrected chi connectivity index (χ4v) is 3.65. The molecule has 10 heteroatoms. The van der Waals surface area contributed by atoms with Crippen molar-refractivity contribution in [2.24, 2.45) is 5.14 Å². The topological polar surface area (TPSA) is 129 Å². The zero-order valence-electron chi connectivity index (χ0n) is 12.0. The number of hydrogen-bond acceptors (Lipinski definition) is 7. The summed E-state index contributed by atoms with van der Waals surface area (Å²) >= 11 is 0.935. The van der Waals surface area contributed by atoms with Gasteiger partial charge in [-0.1, -0.05) is 40.9 Å². The standard InChI is InChI=1S/C14H10N4O4S2/c15-24(21,22)12-7-6-10(9-4-2-1-3-5-9)13(14(12)18(19)20)11-8-16-17-23-11/h1-8H,(H2,15,21,22). The zero-order valence-corrected chi connectivity index (χ0v) is 13.6. The Morgan fingerprint density at radius 1 is 1.12 bits per heavy atom. The molecule has 0 saturated carbocycles. The van der Waals surface area contributed by atoms with Gasteiger partial charge in [0, 0.05) is 0 Å². The van der Waals surface area contributed by atoms with Gasteiger partial charge in [-0.3, -0.25) is 10.1 Å². The Hall–Kier alpha value is -2.69. The van der Waals surface area contributed by atoms with Gasteiger partial charge in [-0.25, -0.2) is 13.6 Å². The van der Waals surface area contributed by atoms with Crippen LogP contribution in [0, 0.1) is 10.1 Å². The van der Waals surface area contributed by atoms with Crippen molar-refractivity contribution in [3.63, 3.8) is 0 Å². The summed E-state index contributed by atoms with van der Waals surface area (Å²) in [5, 5.41) is 20.5. The van der Waals surface area contributed by atoms with Crippen LogP contribution in [0.25, 0.3) is 21.6 Å². The highest BCUT2D eigenvalue weighted by molar-refractivity contribution is 7.89. The van der Waals surface area contributed by atoms with Crippen LogP contribution in [-0.4, -0.2) is 22.9 Å². The van der Waals surface area contributed by atoms with Gasteiger partial charge in [-0.2, -0.15) is 0 Å². The predicted molar refractivity (Wildman–Crippen MR) is 88.8 cm³/mol. The first-order chi connectivity index (χ1) is 11.4. The van der Waals surface area contributed by atoms with Gasteiger partial charge in [0.05, 0.1) is 21.6 Å². The molecule has 0 aliphatic carbocycles. The van der Waals surface area contributed by atoms with Crippen molar-refractivity contribution in [1.82, 2.24) is 9.59 Å². The number of primary sulfonamides is 1. The van der Waals surface area contributed by atoms with E-state index in [9.17, 15) is 18.5 Å². The minimum absolute atomic E-state index is 0.132. The SMILES string of the molecule is NS(=O)(=O)c1ccc(-c2ccccc2)c(-c2cnns2)c1[N+](=O)[O-]. The van der Waals surface area contributed by atoms with Gasteiger partial charge in [0.15, 0.2) is 4.90 Å². The lowest BCUT2D eigenvalue weighted by Gasteiger charge is -2.11. The number of hydrogen-bond donors (Lipinski definition) is 1. The van der Waals surface area contributed by atoms with Crippen LogP contribution in [-0.2, 0) is 10.0 Å². The Balaban J connectivity index is 2.45. The van der Waals surface area contributed by atoms with Crippen molar-refractivity contribution in [3.8, 4) is 21.6 Å². The zero-order chi connectivity index (χ0) is 17.3. The molecular formula is C14H10N4O4S2. The number of nitrogens with zero attached hydrogens (tertiary/aromatic N) is 3. The summed E-state index contributed by atoms with van der Waals surface area (Å²) in [5.41, 5.74) is 0.753. The average molecular weight is 362 g/mol. The smallest absolute Gasteiger partial charge is 0.258 e. The molecule has 2 N–H and O–H groups in total. The van der Waals surface area contributed by atoms with E-state index in [-0.39, 0.29) is 5.56 Å². The van der Waals surface area contributed by atoms with E-state index in [1.807, 2.05) is 6.07 Å². The number of aromatic nitrogens is 2. The van der Waals surface area contributed by atoms with Crippen molar-refractivity contribution < 1.29 is 13.3 Å². The van der Waals surface area contributed by atoms with Crippen molar-refractivity contribution in [2.45, 2.75) is 4.90 Å². The Bertz CT molecular complexity index is 1000. The monoisotopic (exact) mass is 362 g/mol. The summed E-state index contributed by atoms with van der Waals surface area (Å²) in [6.45, 7) is 0. The third-order valence-electron chi connectivity index (χ3n) is 3.32. The highest BCUT2D eigenvalue weighted by atomic mass is 32.2. The van der Waals surface area contributed by atoms with E-state index in [2.05, 4.69) is 9.59 Å². The molecule has 1 aromatic heterocycles. The van der Waals surface area contributed by atoms with Crippen molar-refractivity contribution in [2.75, 3.05) is 0 Å². The van der Waals surface area contributed by atoms with Crippen LogP contribution in [0.4, 0.5) is 5.69 Å². The van der Waals surface area contributed by atoms with Crippen LogP contribution >= 0.6 is 11.5 Å². The molecule has 2 aromatic carbocycles. The fraction of sp³-hybridized carbons (Fsp3) is 0. The summed E-state index contributed by atoms with van der Waals surface area (Å²) in [6, 6.07) is 11.6. The van der Waals surface area contributed by atoms with Gasteiger partial charge in [0.1, 0.15) is 0 Å². The van der Waals surface area contributed by atoms with Crippen molar-refractivity contribution in [3.05, 3.63) is 58.8 Å². The molecule has 0 bridgehead atoms. The average Bonchev–Trinajstić information content (AvgIpc) is 3.07. The van der Waals surface area contributed by atoms with Crippen molar-refractivity contribution >= 4 is 27.2 Å². The summed E-state index contributed by atoms with van der Waals surface area (Å²) in [5.74, 6) is 0. The van der Waals surface area contributed by atoms with Crippen molar-refractivity contribution in [1.29, 1.82) is 0 Å². The Labute approximate surface area is 140 Å². The molecule has 0 radical (unpaired) electrons. The predicted octanol–water partition coefficient (Wildman–Crippen LogP) is 2.43. The van der Waals surface area contributed by atoms with Crippen LogP contribution in [0.3, 0.4) is 0 Å². The van der Waals surface area contributed by atoms with Crippen LogP contribution in [0.2, 0.25) is 0 Å². The molecule has 0 amide bonds. The molecule has 8 nitrogen and oxygen atoms in total. The van der Waals surface area contributed by atoms with Crippen LogP contribution in [0.15, 0.2) is 53.6 Å². The van der Waals surface area contributed by atoms with E-state index in [0.717, 1.165) is 17.6 Å². The highest BCUT2D eigenvalue weighted by Crippen LogP contribution is 2.43. The number of rotatable bonds is 4. The highest BCUT2D eigenvalue weighted by Gasteiger charge is 2.31. The van der Waals surface area contributed by atoms with Crippen LogP contribution < -0.4 is 5.14 Å². The molecule has 122 valence electrons. The first kappa shape index (κ1) is 16.2. The molecule has 0 unspecified atom stereocenters. The van der Waals surface area contributed by atoms with Gasteiger partial charge >= 0.3 is 0 Å². The fourth-order valence-electron chi connectivity index (χ4n) is 2.37. The number of nitrogens with two attached hydrogens (primary N) is 1. The van der Waals surface area contributed by atoms with E-state index in [1.54, 1.807) is 24.3 Å². The first-order valence-electron chi connectivity index (χ1n) is 6.57. The lowest BCUT2D eigenvalue weighted by molar-refractivity contribution is -0.387. The summed E-state index contributed by atoms with van der Waals surface area (Å²) < 4.78 is 27.3. The molecule has 1 heterocycles. The van der Waals surface area contributed by atoms with Crippen LogP contribution in [0.5, 0.6) is 0 Å². The summed E-state index contributed by atoms with van der Waals surface area (Å²) in [7, 11) is -4.27. The normalized spacial score (nSPS) is 11.4. The molecule has 0 aliphatic heterocycles. The molecule has 0 spiro atoms. The van der Waals surface area contributed by atoms with E-state index >= 15 is 0 Å². The van der Waals surface area contributed by atoms with E-state index in [0.29, 0.717) is 16.0 Å². The largest absolute Gasteiger partial charge is 0.298 e. The molecule has 0 atom stereocenters. The Morgan fingerprint density at radius 3 is 2.38 bits per heavy atom. The minimum Gasteiger partial charge on any atom is -0.258 e. The van der Waals surface area contributed by atoms with E-state index in [4.69, 9.17) is 5.14 Å². The molecule has 0 saturated heterocycles. The van der Waals surface area contributed by atoms with Gasteiger partial charge in [0.2, 0.25) is 10.0 Å². The number of benzene rings is 2. The molecule has 3 rings (SSSR count). The van der Waals surface area contributed by atoms with Gasteiger partial charge in [0.25, 0.3) is 5.69 Å². The number of nitro groups is 1. The van der Waals surface area contributed by atoms with Gasteiger partial charge < -0.3 is 0 Å². The maximum atomic E-state index is 11.8.